The Kier molecular flexibility index (Phi) is 3.18. The number of carboxylic acids is 1. The minimum atomic E-state index is -0.773. The van der Waals surface area contributed by atoms with Gasteiger partial charge in [0.15, 0.2) is 0 Å². The maximum atomic E-state index is 11.2. The quantitative estimate of drug-likeness (QED) is 0.891. The van der Waals surface area contributed by atoms with E-state index in [9.17, 15) is 9.90 Å². The van der Waals surface area contributed by atoms with Crippen molar-refractivity contribution < 1.29 is 9.90 Å². The average molecular weight is 265 g/mol. The Morgan fingerprint density at radius 2 is 2.33 bits per heavy atom. The lowest BCUT2D eigenvalue weighted by atomic mass is 9.90. The molecule has 1 aromatic carbocycles. The topological polar surface area (TPSA) is 64.3 Å². The van der Waals surface area contributed by atoms with Crippen LogP contribution in [0.4, 0.5) is 5.69 Å². The van der Waals surface area contributed by atoms with Crippen molar-refractivity contribution in [2.45, 2.75) is 13.3 Å². The third kappa shape index (κ3) is 2.14. The van der Waals surface area contributed by atoms with Crippen molar-refractivity contribution in [1.29, 1.82) is 5.26 Å². The van der Waals surface area contributed by atoms with Crippen molar-refractivity contribution >= 4 is 23.3 Å². The van der Waals surface area contributed by atoms with Crippen molar-refractivity contribution in [2.24, 2.45) is 5.41 Å². The minimum absolute atomic E-state index is 0.402. The van der Waals surface area contributed by atoms with Crippen molar-refractivity contribution in [3.8, 4) is 6.07 Å². The highest BCUT2D eigenvalue weighted by molar-refractivity contribution is 6.32. The second-order valence-corrected chi connectivity index (χ2v) is 5.22. The average Bonchev–Trinajstić information content (AvgIpc) is 2.73. The molecule has 4 nitrogen and oxygen atoms in total. The van der Waals surface area contributed by atoms with Gasteiger partial charge in [0.1, 0.15) is 6.07 Å². The molecule has 1 N–H and O–H groups in total. The van der Waals surface area contributed by atoms with Gasteiger partial charge in [-0.1, -0.05) is 11.6 Å². The molecule has 0 aromatic heterocycles. The van der Waals surface area contributed by atoms with Crippen molar-refractivity contribution in [3.63, 3.8) is 0 Å². The van der Waals surface area contributed by atoms with Gasteiger partial charge in [-0.05, 0) is 31.5 Å². The number of carboxylic acid groups (broad SMARTS) is 1. The Morgan fingerprint density at radius 3 is 2.83 bits per heavy atom. The van der Waals surface area contributed by atoms with Gasteiger partial charge in [-0.15, -0.1) is 0 Å². The highest BCUT2D eigenvalue weighted by Gasteiger charge is 2.40. The van der Waals surface area contributed by atoms with Crippen molar-refractivity contribution in [2.75, 3.05) is 18.0 Å². The summed E-state index contributed by atoms with van der Waals surface area (Å²) >= 11 is 5.98. The molecular weight excluding hydrogens is 252 g/mol. The molecule has 1 aromatic rings. The van der Waals surface area contributed by atoms with Gasteiger partial charge < -0.3 is 10.0 Å². The van der Waals surface area contributed by atoms with Gasteiger partial charge in [-0.2, -0.15) is 5.26 Å². The van der Waals surface area contributed by atoms with E-state index in [1.54, 1.807) is 25.1 Å². The van der Waals surface area contributed by atoms with E-state index < -0.39 is 11.4 Å². The summed E-state index contributed by atoms with van der Waals surface area (Å²) in [7, 11) is 0. The van der Waals surface area contributed by atoms with E-state index in [1.165, 1.54) is 0 Å². The van der Waals surface area contributed by atoms with E-state index in [0.717, 1.165) is 5.69 Å². The molecule has 1 aliphatic rings. The number of nitriles is 1. The van der Waals surface area contributed by atoms with Crippen LogP contribution in [0.1, 0.15) is 18.9 Å². The third-order valence-corrected chi connectivity index (χ3v) is 3.74. The van der Waals surface area contributed by atoms with E-state index in [2.05, 4.69) is 0 Å². The maximum Gasteiger partial charge on any atom is 0.311 e. The van der Waals surface area contributed by atoms with E-state index in [1.807, 2.05) is 11.0 Å². The normalized spacial score (nSPS) is 22.8. The predicted octanol–water partition coefficient (Wildman–Crippen LogP) is 2.51. The Bertz CT molecular complexity index is 538. The molecule has 0 radical (unpaired) electrons. The van der Waals surface area contributed by atoms with E-state index in [0.29, 0.717) is 30.1 Å². The number of hydrogen-bond acceptors (Lipinski definition) is 3. The number of nitrogens with zero attached hydrogens (tertiary/aromatic N) is 2. The summed E-state index contributed by atoms with van der Waals surface area (Å²) in [5.41, 5.74) is 0.588. The second-order valence-electron chi connectivity index (χ2n) is 4.81. The number of carbonyl (C=O) groups is 1. The summed E-state index contributed by atoms with van der Waals surface area (Å²) in [6.45, 7) is 2.90. The summed E-state index contributed by atoms with van der Waals surface area (Å²) < 4.78 is 0. The summed E-state index contributed by atoms with van der Waals surface area (Å²) in [4.78, 5) is 13.2. The van der Waals surface area contributed by atoms with E-state index in [-0.39, 0.29) is 0 Å². The first-order valence-corrected chi connectivity index (χ1v) is 6.02. The SMILES string of the molecule is CC1(C(=O)O)CCN(c2ccc(C#N)c(Cl)c2)C1. The molecule has 1 atom stereocenters. The van der Waals surface area contributed by atoms with E-state index in [4.69, 9.17) is 16.9 Å². The predicted molar refractivity (Wildman–Crippen MR) is 68.7 cm³/mol. The molecule has 1 unspecified atom stereocenters. The monoisotopic (exact) mass is 264 g/mol. The van der Waals surface area contributed by atoms with Gasteiger partial charge in [0.2, 0.25) is 0 Å². The van der Waals surface area contributed by atoms with Crippen LogP contribution in [-0.2, 0) is 4.79 Å². The van der Waals surface area contributed by atoms with E-state index >= 15 is 0 Å². The van der Waals surface area contributed by atoms with Crippen LogP contribution in [0.2, 0.25) is 5.02 Å². The summed E-state index contributed by atoms with van der Waals surface area (Å²) in [6.07, 6.45) is 0.611. The molecule has 1 fully saturated rings. The molecule has 1 saturated heterocycles. The number of benzene rings is 1. The molecule has 1 aliphatic heterocycles. The van der Waals surface area contributed by atoms with Gasteiger partial charge in [0, 0.05) is 18.8 Å². The molecule has 18 heavy (non-hydrogen) atoms. The zero-order chi connectivity index (χ0) is 13.3. The van der Waals surface area contributed by atoms with Gasteiger partial charge >= 0.3 is 5.97 Å². The zero-order valence-corrected chi connectivity index (χ0v) is 10.7. The minimum Gasteiger partial charge on any atom is -0.481 e. The van der Waals surface area contributed by atoms with Crippen molar-refractivity contribution in [1.82, 2.24) is 0 Å². The lowest BCUT2D eigenvalue weighted by Crippen LogP contribution is -2.31. The number of rotatable bonds is 2. The Balaban J connectivity index is 2.23. The second kappa shape index (κ2) is 4.51. The Labute approximate surface area is 110 Å². The fraction of sp³-hybridized carbons (Fsp3) is 0.385. The molecule has 94 valence electrons. The molecular formula is C13H13ClN2O2. The number of hydrogen-bond donors (Lipinski definition) is 1. The third-order valence-electron chi connectivity index (χ3n) is 3.43. The molecule has 0 aliphatic carbocycles. The first kappa shape index (κ1) is 12.7. The molecule has 0 saturated carbocycles. The Morgan fingerprint density at radius 1 is 1.61 bits per heavy atom. The smallest absolute Gasteiger partial charge is 0.311 e. The number of anilines is 1. The zero-order valence-electron chi connectivity index (χ0n) is 9.98. The molecule has 0 bridgehead atoms. The van der Waals surface area contributed by atoms with Crippen LogP contribution in [0.5, 0.6) is 0 Å². The largest absolute Gasteiger partial charge is 0.481 e. The van der Waals surface area contributed by atoms with Crippen LogP contribution in [0.3, 0.4) is 0 Å². The van der Waals surface area contributed by atoms with Crippen molar-refractivity contribution in [3.05, 3.63) is 28.8 Å². The summed E-state index contributed by atoms with van der Waals surface area (Å²) in [5, 5.41) is 18.4. The maximum absolute atomic E-state index is 11.2. The first-order chi connectivity index (χ1) is 8.46. The fourth-order valence-corrected chi connectivity index (χ4v) is 2.36. The van der Waals surface area contributed by atoms with Crippen LogP contribution in [0.15, 0.2) is 18.2 Å². The number of halogens is 1. The lowest BCUT2D eigenvalue weighted by molar-refractivity contribution is -0.146. The first-order valence-electron chi connectivity index (χ1n) is 5.64. The molecule has 2 rings (SSSR count). The number of aliphatic carboxylic acids is 1. The van der Waals surface area contributed by atoms with Crippen LogP contribution in [0, 0.1) is 16.7 Å². The summed E-state index contributed by atoms with van der Waals surface area (Å²) in [5.74, 6) is -0.773. The van der Waals surface area contributed by atoms with Gasteiger partial charge in [-0.25, -0.2) is 0 Å². The van der Waals surface area contributed by atoms with Gasteiger partial charge in [0.05, 0.1) is 16.0 Å². The summed E-state index contributed by atoms with van der Waals surface area (Å²) in [6, 6.07) is 7.18. The fourth-order valence-electron chi connectivity index (χ4n) is 2.15. The highest BCUT2D eigenvalue weighted by Crippen LogP contribution is 2.34. The standard InChI is InChI=1S/C13H13ClN2O2/c1-13(12(17)18)4-5-16(8-13)10-3-2-9(7-15)11(14)6-10/h2-3,6H,4-5,8H2,1H3,(H,17,18). The lowest BCUT2D eigenvalue weighted by Gasteiger charge is -2.22. The molecule has 5 heteroatoms. The molecule has 1 heterocycles. The molecule has 0 amide bonds. The van der Waals surface area contributed by atoms with Crippen LogP contribution in [-0.4, -0.2) is 24.2 Å². The Hall–Kier alpha value is -1.73. The van der Waals surface area contributed by atoms with Gasteiger partial charge in [-0.3, -0.25) is 4.79 Å². The highest BCUT2D eigenvalue weighted by atomic mass is 35.5. The van der Waals surface area contributed by atoms with Crippen LogP contribution >= 0.6 is 11.6 Å². The van der Waals surface area contributed by atoms with Crippen LogP contribution < -0.4 is 4.90 Å². The van der Waals surface area contributed by atoms with Crippen LogP contribution in [0.25, 0.3) is 0 Å². The molecule has 0 spiro atoms. The van der Waals surface area contributed by atoms with Gasteiger partial charge in [0.25, 0.3) is 0 Å².